The van der Waals surface area contributed by atoms with Crippen molar-refractivity contribution in [1.29, 1.82) is 0 Å². The van der Waals surface area contributed by atoms with Gasteiger partial charge in [0.15, 0.2) is 10.8 Å². The fraction of sp³-hybridized carbons (Fsp3) is 0.400. The zero-order valence-corrected chi connectivity index (χ0v) is 17.5. The normalized spacial score (nSPS) is 17.2. The molecule has 1 amide bonds. The molecule has 3 aromatic rings. The minimum atomic E-state index is -4.51. The zero-order chi connectivity index (χ0) is 22.2. The third-order valence-corrected chi connectivity index (χ3v) is 6.18. The highest BCUT2D eigenvalue weighted by molar-refractivity contribution is 7.22. The summed E-state index contributed by atoms with van der Waals surface area (Å²) >= 11 is 1.24. The molecule has 1 aliphatic heterocycles. The Morgan fingerprint density at radius 3 is 2.90 bits per heavy atom. The Hall–Kier alpha value is -2.95. The number of nitrogens with one attached hydrogen (secondary N) is 1. The predicted octanol–water partition coefficient (Wildman–Crippen LogP) is 3.75. The lowest BCUT2D eigenvalue weighted by Gasteiger charge is -2.30. The van der Waals surface area contributed by atoms with Crippen LogP contribution in [0.2, 0.25) is 0 Å². The topological polar surface area (TPSA) is 80.1 Å². The lowest BCUT2D eigenvalue weighted by atomic mass is 10.0. The highest BCUT2D eigenvalue weighted by Gasteiger charge is 2.30. The molecule has 1 N–H and O–H groups in total. The van der Waals surface area contributed by atoms with E-state index in [2.05, 4.69) is 27.1 Å². The Morgan fingerprint density at radius 1 is 1.35 bits per heavy atom. The molecule has 1 aliphatic rings. The number of anilines is 2. The van der Waals surface area contributed by atoms with Gasteiger partial charge < -0.3 is 10.2 Å². The second-order valence-electron chi connectivity index (χ2n) is 7.65. The Labute approximate surface area is 179 Å². The summed E-state index contributed by atoms with van der Waals surface area (Å²) < 4.78 is 40.0. The number of alkyl halides is 3. The van der Waals surface area contributed by atoms with Crippen molar-refractivity contribution in [2.24, 2.45) is 5.92 Å². The van der Waals surface area contributed by atoms with E-state index in [-0.39, 0.29) is 12.2 Å². The molecule has 7 nitrogen and oxygen atoms in total. The van der Waals surface area contributed by atoms with Crippen molar-refractivity contribution >= 4 is 38.4 Å². The lowest BCUT2D eigenvalue weighted by molar-refractivity contribution is -0.137. The van der Waals surface area contributed by atoms with Gasteiger partial charge in [-0.2, -0.15) is 18.2 Å². The van der Waals surface area contributed by atoms with E-state index in [1.807, 2.05) is 0 Å². The summed E-state index contributed by atoms with van der Waals surface area (Å²) in [6.45, 7) is 3.55. The first-order valence-corrected chi connectivity index (χ1v) is 10.6. The number of fused-ring (bicyclic) bond motifs is 1. The summed E-state index contributed by atoms with van der Waals surface area (Å²) in [5.74, 6) is -0.0814. The summed E-state index contributed by atoms with van der Waals surface area (Å²) in [6, 6.07) is 4.32. The fourth-order valence-corrected chi connectivity index (χ4v) is 4.58. The molecule has 3 heterocycles. The highest BCUT2D eigenvalue weighted by atomic mass is 32.1. The Bertz CT molecular complexity index is 1170. The van der Waals surface area contributed by atoms with E-state index in [4.69, 9.17) is 0 Å². The number of amides is 1. The molecule has 0 bridgehead atoms. The zero-order valence-electron chi connectivity index (χ0n) is 16.6. The number of halogens is 3. The van der Waals surface area contributed by atoms with Crippen LogP contribution in [0.15, 0.2) is 35.4 Å². The smallest absolute Gasteiger partial charge is 0.348 e. The average Bonchev–Trinajstić information content (AvgIpc) is 3.15. The van der Waals surface area contributed by atoms with Crippen LogP contribution < -0.4 is 15.8 Å². The van der Waals surface area contributed by atoms with Crippen LogP contribution in [0.3, 0.4) is 0 Å². The first kappa shape index (κ1) is 21.3. The number of carbonyl (C=O) groups excluding carboxylic acids is 1. The van der Waals surface area contributed by atoms with Crippen LogP contribution >= 0.6 is 11.3 Å². The monoisotopic (exact) mass is 451 g/mol. The van der Waals surface area contributed by atoms with Gasteiger partial charge in [0.25, 0.3) is 5.56 Å². The number of nitrogens with zero attached hydrogens (tertiary/aromatic N) is 4. The Kier molecular flexibility index (Phi) is 5.69. The van der Waals surface area contributed by atoms with Crippen LogP contribution in [0.4, 0.5) is 24.0 Å². The van der Waals surface area contributed by atoms with Crippen LogP contribution in [0.1, 0.15) is 25.3 Å². The van der Waals surface area contributed by atoms with Crippen LogP contribution in [-0.2, 0) is 17.5 Å². The number of hydrogen-bond donors (Lipinski definition) is 1. The maximum atomic E-state index is 12.8. The summed E-state index contributed by atoms with van der Waals surface area (Å²) in [6.07, 6.45) is -1.06. The van der Waals surface area contributed by atoms with E-state index < -0.39 is 23.2 Å². The van der Waals surface area contributed by atoms with Gasteiger partial charge in [0.05, 0.1) is 5.56 Å². The highest BCUT2D eigenvalue weighted by Crippen LogP contribution is 2.31. The van der Waals surface area contributed by atoms with E-state index >= 15 is 0 Å². The van der Waals surface area contributed by atoms with Crippen molar-refractivity contribution in [2.75, 3.05) is 23.3 Å². The standard InChI is InChI=1S/C20H20F3N5O2S/c1-12-4-3-7-27(9-12)19-26-17-16(31-19)18(30)28(11-24-17)10-15(29)25-14-6-2-5-13(8-14)20(21,22)23/h2,5-6,8,11-12H,3-4,7,9-10H2,1H3,(H,25,29)/t12-/m0/s1. The number of rotatable bonds is 4. The van der Waals surface area contributed by atoms with Gasteiger partial charge in [-0.05, 0) is 37.0 Å². The number of benzene rings is 1. The molecule has 0 unspecified atom stereocenters. The Balaban J connectivity index is 1.51. The van der Waals surface area contributed by atoms with Crippen LogP contribution in [0.25, 0.3) is 10.3 Å². The SMILES string of the molecule is C[C@H]1CCCN(c2nc3ncn(CC(=O)Nc4cccc(C(F)(F)F)c4)c(=O)c3s2)C1. The van der Waals surface area contributed by atoms with Gasteiger partial charge >= 0.3 is 6.18 Å². The van der Waals surface area contributed by atoms with Crippen LogP contribution in [0.5, 0.6) is 0 Å². The fourth-order valence-electron chi connectivity index (χ4n) is 3.57. The summed E-state index contributed by atoms with van der Waals surface area (Å²) in [5.41, 5.74) is -0.938. The second kappa shape index (κ2) is 8.29. The minimum absolute atomic E-state index is 0.00112. The lowest BCUT2D eigenvalue weighted by Crippen LogP contribution is -2.34. The summed E-state index contributed by atoms with van der Waals surface area (Å²) in [5, 5.41) is 3.13. The Morgan fingerprint density at radius 2 is 2.16 bits per heavy atom. The number of piperidine rings is 1. The molecular formula is C20H20F3N5O2S. The number of aromatic nitrogens is 3. The molecule has 1 saturated heterocycles. The van der Waals surface area contributed by atoms with Crippen molar-refractivity contribution in [3.05, 3.63) is 46.5 Å². The third-order valence-electron chi connectivity index (χ3n) is 5.09. The maximum Gasteiger partial charge on any atom is 0.416 e. The maximum absolute atomic E-state index is 12.8. The van der Waals surface area contributed by atoms with Gasteiger partial charge in [-0.15, -0.1) is 0 Å². The van der Waals surface area contributed by atoms with E-state index in [9.17, 15) is 22.8 Å². The molecule has 1 atom stereocenters. The molecule has 11 heteroatoms. The van der Waals surface area contributed by atoms with E-state index in [0.717, 1.165) is 47.8 Å². The molecule has 1 fully saturated rings. The first-order valence-electron chi connectivity index (χ1n) is 9.79. The molecule has 31 heavy (non-hydrogen) atoms. The molecule has 0 radical (unpaired) electrons. The molecule has 1 aromatic carbocycles. The van der Waals surface area contributed by atoms with Crippen molar-refractivity contribution < 1.29 is 18.0 Å². The van der Waals surface area contributed by atoms with Gasteiger partial charge in [-0.3, -0.25) is 14.2 Å². The van der Waals surface area contributed by atoms with Gasteiger partial charge in [-0.25, -0.2) is 4.98 Å². The second-order valence-corrected chi connectivity index (χ2v) is 8.62. The number of hydrogen-bond acceptors (Lipinski definition) is 6. The van der Waals surface area contributed by atoms with E-state index in [0.29, 0.717) is 16.3 Å². The molecule has 2 aromatic heterocycles. The molecular weight excluding hydrogens is 431 g/mol. The van der Waals surface area contributed by atoms with Gasteiger partial charge in [-0.1, -0.05) is 24.3 Å². The van der Waals surface area contributed by atoms with Crippen molar-refractivity contribution in [3.8, 4) is 0 Å². The molecule has 0 aliphatic carbocycles. The van der Waals surface area contributed by atoms with Crippen molar-refractivity contribution in [1.82, 2.24) is 14.5 Å². The number of thiazole rings is 1. The summed E-state index contributed by atoms with van der Waals surface area (Å²) in [7, 11) is 0. The van der Waals surface area contributed by atoms with E-state index in [1.54, 1.807) is 0 Å². The third kappa shape index (κ3) is 4.71. The molecule has 4 rings (SSSR count). The largest absolute Gasteiger partial charge is 0.416 e. The summed E-state index contributed by atoms with van der Waals surface area (Å²) in [4.78, 5) is 35.9. The van der Waals surface area contributed by atoms with E-state index in [1.165, 1.54) is 29.8 Å². The molecule has 0 spiro atoms. The predicted molar refractivity (Wildman–Crippen MR) is 112 cm³/mol. The van der Waals surface area contributed by atoms with Crippen LogP contribution in [0, 0.1) is 5.92 Å². The van der Waals surface area contributed by atoms with Gasteiger partial charge in [0.1, 0.15) is 17.6 Å². The van der Waals surface area contributed by atoms with Crippen LogP contribution in [-0.4, -0.2) is 33.5 Å². The minimum Gasteiger partial charge on any atom is -0.348 e. The van der Waals surface area contributed by atoms with Crippen molar-refractivity contribution in [2.45, 2.75) is 32.5 Å². The first-order chi connectivity index (χ1) is 14.7. The van der Waals surface area contributed by atoms with Crippen molar-refractivity contribution in [3.63, 3.8) is 0 Å². The van der Waals surface area contributed by atoms with Gasteiger partial charge in [0, 0.05) is 18.8 Å². The molecule has 0 saturated carbocycles. The number of carbonyl (C=O) groups is 1. The van der Waals surface area contributed by atoms with Gasteiger partial charge in [0.2, 0.25) is 5.91 Å². The molecule has 164 valence electrons. The average molecular weight is 451 g/mol. The quantitative estimate of drug-likeness (QED) is 0.654.